The minimum absolute atomic E-state index is 0.153. The van der Waals surface area contributed by atoms with Gasteiger partial charge in [-0.15, -0.1) is 0 Å². The number of aromatic nitrogens is 1. The van der Waals surface area contributed by atoms with Crippen molar-refractivity contribution in [1.82, 2.24) is 20.2 Å². The van der Waals surface area contributed by atoms with Crippen LogP contribution in [0.2, 0.25) is 0 Å². The van der Waals surface area contributed by atoms with Gasteiger partial charge < -0.3 is 15.2 Å². The predicted octanol–water partition coefficient (Wildman–Crippen LogP) is 6.93. The van der Waals surface area contributed by atoms with Crippen LogP contribution in [0.4, 0.5) is 4.39 Å². The first kappa shape index (κ1) is 30.2. The van der Waals surface area contributed by atoms with Crippen LogP contribution in [-0.2, 0) is 11.3 Å². The summed E-state index contributed by atoms with van der Waals surface area (Å²) in [5.74, 6) is -0.204. The summed E-state index contributed by atoms with van der Waals surface area (Å²) in [6, 6.07) is 11.9. The summed E-state index contributed by atoms with van der Waals surface area (Å²) >= 11 is 0. The Morgan fingerprint density at radius 3 is 2.50 bits per heavy atom. The lowest BCUT2D eigenvalue weighted by atomic mass is 10.00. The van der Waals surface area contributed by atoms with Crippen LogP contribution in [0, 0.1) is 17.7 Å². The molecule has 0 fully saturated rings. The second-order valence-electron chi connectivity index (χ2n) is 11.2. The molecule has 0 saturated carbocycles. The van der Waals surface area contributed by atoms with Crippen LogP contribution in [0.1, 0.15) is 62.1 Å². The minimum atomic E-state index is -0.371. The number of halogens is 1. The number of hydrogen-bond acceptors (Lipinski definition) is 4. The fourth-order valence-electron chi connectivity index (χ4n) is 4.66. The van der Waals surface area contributed by atoms with Gasteiger partial charge in [0.15, 0.2) is 5.84 Å². The molecule has 2 N–H and O–H groups in total. The molecule has 4 rings (SSSR count). The lowest BCUT2D eigenvalue weighted by molar-refractivity contribution is -0.122. The maximum Gasteiger partial charge on any atom is 0.253 e. The average molecular weight is 568 g/mol. The first-order chi connectivity index (χ1) is 20.0. The van der Waals surface area contributed by atoms with E-state index in [0.717, 1.165) is 28.6 Å². The maximum absolute atomic E-state index is 13.8. The molecule has 2 heterocycles. The minimum Gasteiger partial charge on any atom is -0.346 e. The Kier molecular flexibility index (Phi) is 9.25. The molecule has 1 aliphatic heterocycles. The molecule has 0 radical (unpaired) electrons. The zero-order valence-electron chi connectivity index (χ0n) is 24.8. The van der Waals surface area contributed by atoms with E-state index in [1.807, 2.05) is 43.5 Å². The van der Waals surface area contributed by atoms with Crippen molar-refractivity contribution < 1.29 is 14.0 Å². The molecule has 2 aromatic carbocycles. The van der Waals surface area contributed by atoms with E-state index in [9.17, 15) is 14.0 Å². The predicted molar refractivity (Wildman–Crippen MR) is 168 cm³/mol. The largest absolute Gasteiger partial charge is 0.346 e. The highest BCUT2D eigenvalue weighted by atomic mass is 19.1. The lowest BCUT2D eigenvalue weighted by Crippen LogP contribution is -2.33. The SMILES string of the molecule is C=C/C(=N\N1C=CC(c2ccc3c(c2)c(C(=O)N[C@@H](C)c2cccc(F)c2)cn3CC(C)C)=CC1=C)NC(=O)C(C)C. The number of hydrogen-bond donors (Lipinski definition) is 2. The van der Waals surface area contributed by atoms with Crippen LogP contribution in [0.3, 0.4) is 0 Å². The Morgan fingerprint density at radius 1 is 1.10 bits per heavy atom. The van der Waals surface area contributed by atoms with Crippen LogP contribution >= 0.6 is 0 Å². The smallest absolute Gasteiger partial charge is 0.253 e. The molecule has 2 amide bonds. The molecule has 42 heavy (non-hydrogen) atoms. The molecule has 1 atom stereocenters. The van der Waals surface area contributed by atoms with Crippen LogP contribution < -0.4 is 10.6 Å². The highest BCUT2D eigenvalue weighted by molar-refractivity contribution is 6.08. The number of hydrazone groups is 1. The Balaban J connectivity index is 1.64. The Hall–Kier alpha value is -4.72. The third kappa shape index (κ3) is 6.94. The first-order valence-electron chi connectivity index (χ1n) is 14.1. The van der Waals surface area contributed by atoms with Gasteiger partial charge in [0.2, 0.25) is 5.91 Å². The van der Waals surface area contributed by atoms with Gasteiger partial charge in [-0.05, 0) is 72.0 Å². The highest BCUT2D eigenvalue weighted by Gasteiger charge is 2.20. The van der Waals surface area contributed by atoms with Gasteiger partial charge in [0.25, 0.3) is 5.91 Å². The van der Waals surface area contributed by atoms with Crippen molar-refractivity contribution in [2.45, 2.75) is 47.2 Å². The Bertz CT molecular complexity index is 1630. The summed E-state index contributed by atoms with van der Waals surface area (Å²) in [6.45, 7) is 18.4. The summed E-state index contributed by atoms with van der Waals surface area (Å²) in [6.07, 6.45) is 8.95. The van der Waals surface area contributed by atoms with Crippen molar-refractivity contribution in [2.24, 2.45) is 16.9 Å². The van der Waals surface area contributed by atoms with Crippen molar-refractivity contribution in [2.75, 3.05) is 0 Å². The number of benzene rings is 2. The summed E-state index contributed by atoms with van der Waals surface area (Å²) in [7, 11) is 0. The quantitative estimate of drug-likeness (QED) is 0.218. The number of nitrogens with zero attached hydrogens (tertiary/aromatic N) is 3. The van der Waals surface area contributed by atoms with E-state index in [1.54, 1.807) is 37.2 Å². The van der Waals surface area contributed by atoms with Gasteiger partial charge in [0.1, 0.15) is 5.82 Å². The number of amides is 2. The van der Waals surface area contributed by atoms with Gasteiger partial charge in [0, 0.05) is 35.8 Å². The third-order valence-electron chi connectivity index (χ3n) is 6.91. The second kappa shape index (κ2) is 12.9. The van der Waals surface area contributed by atoms with E-state index in [0.29, 0.717) is 28.6 Å². The van der Waals surface area contributed by atoms with Crippen molar-refractivity contribution in [3.05, 3.63) is 114 Å². The molecule has 7 nitrogen and oxygen atoms in total. The molecule has 0 spiro atoms. The van der Waals surface area contributed by atoms with Crippen LogP contribution in [0.25, 0.3) is 16.5 Å². The zero-order valence-corrected chi connectivity index (χ0v) is 24.8. The molecule has 0 aliphatic carbocycles. The van der Waals surface area contributed by atoms with Crippen LogP contribution in [-0.4, -0.2) is 27.2 Å². The molecule has 1 aliphatic rings. The van der Waals surface area contributed by atoms with Crippen molar-refractivity contribution in [3.63, 3.8) is 0 Å². The number of amidine groups is 1. The number of carbonyl (C=O) groups excluding carboxylic acids is 2. The van der Waals surface area contributed by atoms with E-state index >= 15 is 0 Å². The fraction of sp³-hybridized carbons (Fsp3) is 0.265. The standard InChI is InChI=1S/C34H38FN5O2/c1-8-32(37-33(41)22(4)5)38-40-15-14-27(16-23(40)6)26-12-13-31-29(18-26)30(20-39(31)19-21(2)3)34(42)36-24(7)25-10-9-11-28(35)17-25/h8-18,20-22,24H,1,6,19H2,2-5,7H3,(H,36,42)(H,37,38,41)/t24-/m0/s1. The van der Waals surface area contributed by atoms with Gasteiger partial charge in [0.05, 0.1) is 17.3 Å². The summed E-state index contributed by atoms with van der Waals surface area (Å²) in [5.41, 5.74) is 4.62. The monoisotopic (exact) mass is 567 g/mol. The van der Waals surface area contributed by atoms with Crippen molar-refractivity contribution in [3.8, 4) is 0 Å². The van der Waals surface area contributed by atoms with Gasteiger partial charge in [-0.1, -0.05) is 59.1 Å². The number of carbonyl (C=O) groups is 2. The molecule has 1 aromatic heterocycles. The molecule has 8 heteroatoms. The van der Waals surface area contributed by atoms with Crippen molar-refractivity contribution >= 4 is 34.1 Å². The normalized spacial score (nSPS) is 14.4. The molecular formula is C34H38FN5O2. The van der Waals surface area contributed by atoms with Gasteiger partial charge in [-0.2, -0.15) is 5.10 Å². The van der Waals surface area contributed by atoms with E-state index < -0.39 is 0 Å². The summed E-state index contributed by atoms with van der Waals surface area (Å²) < 4.78 is 15.9. The van der Waals surface area contributed by atoms with E-state index in [4.69, 9.17) is 0 Å². The van der Waals surface area contributed by atoms with Gasteiger partial charge >= 0.3 is 0 Å². The van der Waals surface area contributed by atoms with E-state index in [-0.39, 0.29) is 29.6 Å². The lowest BCUT2D eigenvalue weighted by Gasteiger charge is -2.21. The van der Waals surface area contributed by atoms with Gasteiger partial charge in [-0.3, -0.25) is 9.59 Å². The fourth-order valence-corrected chi connectivity index (χ4v) is 4.66. The number of nitrogens with one attached hydrogen (secondary N) is 2. The van der Waals surface area contributed by atoms with Crippen LogP contribution in [0.5, 0.6) is 0 Å². The van der Waals surface area contributed by atoms with Gasteiger partial charge in [-0.25, -0.2) is 9.40 Å². The number of fused-ring (bicyclic) bond motifs is 1. The highest BCUT2D eigenvalue weighted by Crippen LogP contribution is 2.30. The maximum atomic E-state index is 13.8. The number of allylic oxidation sites excluding steroid dienone is 3. The summed E-state index contributed by atoms with van der Waals surface area (Å²) in [5, 5.41) is 12.6. The molecule has 0 unspecified atom stereocenters. The zero-order chi connectivity index (χ0) is 30.6. The molecule has 0 saturated heterocycles. The third-order valence-corrected chi connectivity index (χ3v) is 6.91. The van der Waals surface area contributed by atoms with Crippen molar-refractivity contribution in [1.29, 1.82) is 0 Å². The molecule has 3 aromatic rings. The average Bonchev–Trinajstić information content (AvgIpc) is 3.30. The summed E-state index contributed by atoms with van der Waals surface area (Å²) in [4.78, 5) is 25.6. The first-order valence-corrected chi connectivity index (χ1v) is 14.1. The molecular weight excluding hydrogens is 529 g/mol. The second-order valence-corrected chi connectivity index (χ2v) is 11.2. The van der Waals surface area contributed by atoms with Crippen LogP contribution in [0.15, 0.2) is 97.0 Å². The number of rotatable bonds is 9. The van der Waals surface area contributed by atoms with E-state index in [2.05, 4.69) is 47.3 Å². The molecule has 0 bridgehead atoms. The Labute approximate surface area is 246 Å². The molecule has 218 valence electrons. The topological polar surface area (TPSA) is 78.7 Å². The van der Waals surface area contributed by atoms with E-state index in [1.165, 1.54) is 18.2 Å². The Morgan fingerprint density at radius 2 is 1.86 bits per heavy atom.